The number of rotatable bonds is 7. The molecule has 1 aliphatic carbocycles. The molecule has 3 rings (SSSR count). The zero-order valence-electron chi connectivity index (χ0n) is 14.2. The number of amides is 1. The fraction of sp³-hybridized carbons (Fsp3) is 0.381. The molecule has 2 aromatic carbocycles. The lowest BCUT2D eigenvalue weighted by molar-refractivity contribution is -0.130. The van der Waals surface area contributed by atoms with Gasteiger partial charge in [-0.15, -0.1) is 0 Å². The Labute approximate surface area is 147 Å². The average molecular weight is 341 g/mol. The van der Waals surface area contributed by atoms with Gasteiger partial charge in [-0.2, -0.15) is 0 Å². The lowest BCUT2D eigenvalue weighted by Gasteiger charge is -2.41. The van der Waals surface area contributed by atoms with Gasteiger partial charge in [0.05, 0.1) is 5.41 Å². The first-order valence-corrected chi connectivity index (χ1v) is 8.86. The van der Waals surface area contributed by atoms with Crippen molar-refractivity contribution >= 4 is 5.91 Å². The van der Waals surface area contributed by atoms with Crippen LogP contribution in [0.25, 0.3) is 0 Å². The van der Waals surface area contributed by atoms with E-state index in [1.807, 2.05) is 36.4 Å². The molecule has 132 valence electrons. The van der Waals surface area contributed by atoms with Crippen LogP contribution >= 0.6 is 0 Å². The van der Waals surface area contributed by atoms with Gasteiger partial charge in [0.15, 0.2) is 0 Å². The Hall–Kier alpha value is -2.20. The molecular formula is C21H24FNO2. The molecule has 0 saturated heterocycles. The summed E-state index contributed by atoms with van der Waals surface area (Å²) in [5.41, 5.74) is 1.25. The summed E-state index contributed by atoms with van der Waals surface area (Å²) in [5.74, 6) is -0.276. The predicted molar refractivity (Wildman–Crippen MR) is 95.8 cm³/mol. The summed E-state index contributed by atoms with van der Waals surface area (Å²) in [5, 5.41) is 12.4. The second-order valence-electron chi connectivity index (χ2n) is 6.78. The van der Waals surface area contributed by atoms with Crippen molar-refractivity contribution in [2.24, 2.45) is 0 Å². The van der Waals surface area contributed by atoms with Gasteiger partial charge in [0.25, 0.3) is 0 Å². The Morgan fingerprint density at radius 2 is 1.92 bits per heavy atom. The third kappa shape index (κ3) is 3.74. The van der Waals surface area contributed by atoms with Crippen molar-refractivity contribution in [3.05, 3.63) is 71.5 Å². The average Bonchev–Trinajstić information content (AvgIpc) is 2.58. The molecule has 0 aromatic heterocycles. The highest BCUT2D eigenvalue weighted by atomic mass is 19.1. The summed E-state index contributed by atoms with van der Waals surface area (Å²) < 4.78 is 13.6. The lowest BCUT2D eigenvalue weighted by atomic mass is 9.63. The number of carbonyl (C=O) groups excluding carboxylic acids is 1. The zero-order valence-corrected chi connectivity index (χ0v) is 14.2. The molecule has 1 unspecified atom stereocenters. The minimum Gasteiger partial charge on any atom is -0.396 e. The maximum atomic E-state index is 13.6. The van der Waals surface area contributed by atoms with Crippen LogP contribution in [0.5, 0.6) is 0 Å². The second kappa shape index (κ2) is 7.79. The molecule has 0 spiro atoms. The number of carbonyl (C=O) groups is 1. The number of benzene rings is 2. The maximum Gasteiger partial charge on any atom is 0.230 e. The summed E-state index contributed by atoms with van der Waals surface area (Å²) in [6.45, 7) is 0.547. The van der Waals surface area contributed by atoms with E-state index in [1.54, 1.807) is 6.07 Å². The van der Waals surface area contributed by atoms with E-state index in [-0.39, 0.29) is 24.2 Å². The molecule has 1 aliphatic rings. The first kappa shape index (κ1) is 17.6. The fourth-order valence-electron chi connectivity index (χ4n) is 3.62. The highest BCUT2D eigenvalue weighted by Gasteiger charge is 2.45. The highest BCUT2D eigenvalue weighted by molar-refractivity contribution is 5.89. The minimum absolute atomic E-state index is 0.0387. The second-order valence-corrected chi connectivity index (χ2v) is 6.78. The van der Waals surface area contributed by atoms with Crippen LogP contribution in [0.3, 0.4) is 0 Å². The van der Waals surface area contributed by atoms with E-state index < -0.39 is 5.41 Å². The number of nitrogens with one attached hydrogen (secondary N) is 1. The molecule has 2 aromatic rings. The van der Waals surface area contributed by atoms with Crippen molar-refractivity contribution in [3.63, 3.8) is 0 Å². The van der Waals surface area contributed by atoms with E-state index in [0.717, 1.165) is 30.4 Å². The molecule has 3 nitrogen and oxygen atoms in total. The van der Waals surface area contributed by atoms with Crippen molar-refractivity contribution in [1.82, 2.24) is 5.32 Å². The van der Waals surface area contributed by atoms with Crippen LogP contribution in [0, 0.1) is 5.82 Å². The van der Waals surface area contributed by atoms with Gasteiger partial charge in [-0.3, -0.25) is 4.79 Å². The summed E-state index contributed by atoms with van der Waals surface area (Å²) in [7, 11) is 0. The van der Waals surface area contributed by atoms with Gasteiger partial charge in [-0.1, -0.05) is 48.9 Å². The third-order valence-electron chi connectivity index (χ3n) is 5.28. The Balaban J connectivity index is 1.72. The highest BCUT2D eigenvalue weighted by Crippen LogP contribution is 2.44. The SMILES string of the molecule is O=C(NCC(CCO)c1ccccc1)C1(c2cccc(F)c2)CCC1. The van der Waals surface area contributed by atoms with Crippen molar-refractivity contribution in [3.8, 4) is 0 Å². The van der Waals surface area contributed by atoms with E-state index in [2.05, 4.69) is 5.32 Å². The normalized spacial score (nSPS) is 16.7. The predicted octanol–water partition coefficient (Wildman–Crippen LogP) is 3.53. The topological polar surface area (TPSA) is 49.3 Å². The molecular weight excluding hydrogens is 317 g/mol. The van der Waals surface area contributed by atoms with Gasteiger partial charge in [-0.25, -0.2) is 4.39 Å². The van der Waals surface area contributed by atoms with Gasteiger partial charge >= 0.3 is 0 Å². The largest absolute Gasteiger partial charge is 0.396 e. The van der Waals surface area contributed by atoms with Gasteiger partial charge in [-0.05, 0) is 42.5 Å². The molecule has 1 atom stereocenters. The fourth-order valence-corrected chi connectivity index (χ4v) is 3.62. The van der Waals surface area contributed by atoms with Crippen LogP contribution in [0.15, 0.2) is 54.6 Å². The molecule has 2 N–H and O–H groups in total. The monoisotopic (exact) mass is 341 g/mol. The van der Waals surface area contributed by atoms with Crippen molar-refractivity contribution in [1.29, 1.82) is 0 Å². The maximum absolute atomic E-state index is 13.6. The summed E-state index contributed by atoms with van der Waals surface area (Å²) in [6, 6.07) is 16.3. The molecule has 1 saturated carbocycles. The Morgan fingerprint density at radius 3 is 2.52 bits per heavy atom. The van der Waals surface area contributed by atoms with Gasteiger partial charge < -0.3 is 10.4 Å². The molecule has 0 aliphatic heterocycles. The molecule has 1 fully saturated rings. The first-order chi connectivity index (χ1) is 12.2. The van der Waals surface area contributed by atoms with Crippen molar-refractivity contribution in [2.45, 2.75) is 37.0 Å². The quantitative estimate of drug-likeness (QED) is 0.809. The summed E-state index contributed by atoms with van der Waals surface area (Å²) >= 11 is 0. The Kier molecular flexibility index (Phi) is 5.49. The molecule has 25 heavy (non-hydrogen) atoms. The Bertz CT molecular complexity index is 713. The molecule has 0 bridgehead atoms. The number of aliphatic hydroxyl groups excluding tert-OH is 1. The molecule has 0 heterocycles. The van der Waals surface area contributed by atoms with Gasteiger partial charge in [0, 0.05) is 19.1 Å². The minimum atomic E-state index is -0.609. The number of halogens is 1. The van der Waals surface area contributed by atoms with Crippen LogP contribution in [0.4, 0.5) is 4.39 Å². The standard InChI is InChI=1S/C21H24FNO2/c22-19-9-4-8-18(14-19)21(11-5-12-21)20(25)23-15-17(10-13-24)16-6-2-1-3-7-16/h1-4,6-9,14,17,24H,5,10-13,15H2,(H,23,25). The smallest absolute Gasteiger partial charge is 0.230 e. The van der Waals surface area contributed by atoms with Crippen LogP contribution in [0.1, 0.15) is 42.7 Å². The first-order valence-electron chi connectivity index (χ1n) is 8.86. The molecule has 1 amide bonds. The van der Waals surface area contributed by atoms with E-state index in [0.29, 0.717) is 13.0 Å². The number of aliphatic hydroxyl groups is 1. The van der Waals surface area contributed by atoms with Crippen LogP contribution in [-0.2, 0) is 10.2 Å². The van der Waals surface area contributed by atoms with Crippen LogP contribution in [-0.4, -0.2) is 24.2 Å². The van der Waals surface area contributed by atoms with E-state index in [9.17, 15) is 14.3 Å². The van der Waals surface area contributed by atoms with Crippen LogP contribution < -0.4 is 5.32 Å². The number of hydrogen-bond donors (Lipinski definition) is 2. The Morgan fingerprint density at radius 1 is 1.16 bits per heavy atom. The van der Waals surface area contributed by atoms with Gasteiger partial charge in [0.1, 0.15) is 5.82 Å². The third-order valence-corrected chi connectivity index (χ3v) is 5.28. The summed E-state index contributed by atoms with van der Waals surface area (Å²) in [6.07, 6.45) is 3.07. The molecule has 0 radical (unpaired) electrons. The number of hydrogen-bond acceptors (Lipinski definition) is 2. The van der Waals surface area contributed by atoms with E-state index in [1.165, 1.54) is 12.1 Å². The van der Waals surface area contributed by atoms with Crippen LogP contribution in [0.2, 0.25) is 0 Å². The molecule has 4 heteroatoms. The van der Waals surface area contributed by atoms with E-state index in [4.69, 9.17) is 0 Å². The van der Waals surface area contributed by atoms with Crippen molar-refractivity contribution < 1.29 is 14.3 Å². The lowest BCUT2D eigenvalue weighted by Crippen LogP contribution is -2.50. The van der Waals surface area contributed by atoms with Gasteiger partial charge in [0.2, 0.25) is 5.91 Å². The van der Waals surface area contributed by atoms with Crippen molar-refractivity contribution in [2.75, 3.05) is 13.2 Å². The zero-order chi connectivity index (χ0) is 17.7. The van der Waals surface area contributed by atoms with E-state index >= 15 is 0 Å². The summed E-state index contributed by atoms with van der Waals surface area (Å²) in [4.78, 5) is 12.9.